The number of nitro groups is 1. The van der Waals surface area contributed by atoms with Crippen LogP contribution in [0.2, 0.25) is 0 Å². The lowest BCUT2D eigenvalue weighted by Crippen LogP contribution is -2.07. The molecule has 3 aromatic rings. The lowest BCUT2D eigenvalue weighted by molar-refractivity contribution is -0.384. The van der Waals surface area contributed by atoms with Crippen molar-refractivity contribution in [2.24, 2.45) is 0 Å². The van der Waals surface area contributed by atoms with Gasteiger partial charge in [-0.2, -0.15) is 13.2 Å². The van der Waals surface area contributed by atoms with Crippen molar-refractivity contribution in [3.05, 3.63) is 50.7 Å². The Balaban J connectivity index is 1.91. The first kappa shape index (κ1) is 16.8. The Kier molecular flexibility index (Phi) is 4.35. The Morgan fingerprint density at radius 1 is 1.32 bits per heavy atom. The third kappa shape index (κ3) is 3.74. The van der Waals surface area contributed by atoms with Gasteiger partial charge in [-0.25, -0.2) is 0 Å². The van der Waals surface area contributed by atoms with E-state index in [0.29, 0.717) is 6.54 Å². The number of thiazole rings is 1. The molecule has 0 aliphatic carbocycles. The van der Waals surface area contributed by atoms with Crippen LogP contribution < -0.4 is 5.32 Å². The van der Waals surface area contributed by atoms with Crippen LogP contribution in [0, 0.1) is 10.1 Å². The van der Waals surface area contributed by atoms with E-state index in [1.165, 1.54) is 29.5 Å². The molecule has 3 rings (SSSR count). The fourth-order valence-corrected chi connectivity index (χ4v) is 2.55. The molecule has 0 saturated heterocycles. The van der Waals surface area contributed by atoms with Gasteiger partial charge in [0, 0.05) is 22.7 Å². The minimum absolute atomic E-state index is 0.136. The van der Waals surface area contributed by atoms with Crippen LogP contribution in [0.1, 0.15) is 10.7 Å². The Hall–Kier alpha value is -3.02. The fourth-order valence-electron chi connectivity index (χ4n) is 2.02. The van der Waals surface area contributed by atoms with Crippen molar-refractivity contribution in [1.29, 1.82) is 0 Å². The molecule has 2 N–H and O–H groups in total. The summed E-state index contributed by atoms with van der Waals surface area (Å²) in [6, 6.07) is 3.84. The maximum absolute atomic E-state index is 12.6. The molecule has 0 spiro atoms. The Morgan fingerprint density at radius 3 is 2.72 bits per heavy atom. The number of benzene rings is 1. The second-order valence-corrected chi connectivity index (χ2v) is 5.80. The summed E-state index contributed by atoms with van der Waals surface area (Å²) in [5, 5.41) is 20.5. The number of hydrogen-bond donors (Lipinski definition) is 2. The van der Waals surface area contributed by atoms with Crippen LogP contribution in [0.3, 0.4) is 0 Å². The van der Waals surface area contributed by atoms with Crippen molar-refractivity contribution in [2.45, 2.75) is 12.7 Å². The van der Waals surface area contributed by atoms with Crippen LogP contribution in [0.25, 0.3) is 11.4 Å². The SMILES string of the molecule is O=[N+]([O-])c1ccc(-c2nnc(C(F)(F)F)[nH]2)cc1NCc1cncs1. The quantitative estimate of drug-likeness (QED) is 0.526. The average molecular weight is 370 g/mol. The van der Waals surface area contributed by atoms with Crippen LogP contribution in [-0.2, 0) is 12.7 Å². The van der Waals surface area contributed by atoms with Gasteiger partial charge in [0.1, 0.15) is 5.69 Å². The van der Waals surface area contributed by atoms with Crippen molar-refractivity contribution in [3.8, 4) is 11.4 Å². The lowest BCUT2D eigenvalue weighted by Gasteiger charge is -2.07. The van der Waals surface area contributed by atoms with Crippen molar-refractivity contribution in [1.82, 2.24) is 20.2 Å². The first-order valence-corrected chi connectivity index (χ1v) is 7.62. The number of rotatable bonds is 5. The molecule has 12 heteroatoms. The number of nitro benzene ring substituents is 1. The Bertz CT molecular complexity index is 894. The van der Waals surface area contributed by atoms with Gasteiger partial charge in [0.2, 0.25) is 5.82 Å². The highest BCUT2D eigenvalue weighted by Crippen LogP contribution is 2.32. The van der Waals surface area contributed by atoms with E-state index in [2.05, 4.69) is 25.5 Å². The van der Waals surface area contributed by atoms with E-state index in [4.69, 9.17) is 0 Å². The van der Waals surface area contributed by atoms with E-state index in [0.717, 1.165) is 4.88 Å². The van der Waals surface area contributed by atoms with Gasteiger partial charge in [-0.1, -0.05) is 0 Å². The summed E-state index contributed by atoms with van der Waals surface area (Å²) in [4.78, 5) is 17.4. The van der Waals surface area contributed by atoms with Crippen LogP contribution in [0.5, 0.6) is 0 Å². The molecule has 8 nitrogen and oxygen atoms in total. The molecule has 2 aromatic heterocycles. The molecule has 0 radical (unpaired) electrons. The molecule has 0 aliphatic rings. The topological polar surface area (TPSA) is 110 Å². The molecule has 0 bridgehead atoms. The number of aromatic nitrogens is 4. The fraction of sp³-hybridized carbons (Fsp3) is 0.154. The molecule has 1 aromatic carbocycles. The number of nitrogens with zero attached hydrogens (tertiary/aromatic N) is 4. The highest BCUT2D eigenvalue weighted by atomic mass is 32.1. The smallest absolute Gasteiger partial charge is 0.375 e. The van der Waals surface area contributed by atoms with E-state index in [9.17, 15) is 23.3 Å². The first-order valence-electron chi connectivity index (χ1n) is 6.74. The number of anilines is 1. The predicted molar refractivity (Wildman–Crippen MR) is 82.9 cm³/mol. The van der Waals surface area contributed by atoms with Crippen molar-refractivity contribution < 1.29 is 18.1 Å². The van der Waals surface area contributed by atoms with Gasteiger partial charge in [-0.05, 0) is 12.1 Å². The zero-order valence-corrected chi connectivity index (χ0v) is 13.1. The summed E-state index contributed by atoms with van der Waals surface area (Å²) < 4.78 is 37.8. The first-order chi connectivity index (χ1) is 11.8. The largest absolute Gasteiger partial charge is 0.451 e. The van der Waals surface area contributed by atoms with E-state index >= 15 is 0 Å². The Labute approximate surface area is 141 Å². The van der Waals surface area contributed by atoms with E-state index in [1.54, 1.807) is 11.7 Å². The molecule has 0 amide bonds. The summed E-state index contributed by atoms with van der Waals surface area (Å²) in [7, 11) is 0. The highest BCUT2D eigenvalue weighted by molar-refractivity contribution is 7.09. The van der Waals surface area contributed by atoms with Crippen LogP contribution in [-0.4, -0.2) is 25.1 Å². The van der Waals surface area contributed by atoms with Gasteiger partial charge < -0.3 is 10.3 Å². The predicted octanol–water partition coefficient (Wildman–Crippen LogP) is 3.47. The Morgan fingerprint density at radius 2 is 2.12 bits per heavy atom. The van der Waals surface area contributed by atoms with Crippen molar-refractivity contribution in [3.63, 3.8) is 0 Å². The lowest BCUT2D eigenvalue weighted by atomic mass is 10.1. The molecule has 25 heavy (non-hydrogen) atoms. The summed E-state index contributed by atoms with van der Waals surface area (Å²) >= 11 is 1.37. The molecule has 0 unspecified atom stereocenters. The molecule has 2 heterocycles. The van der Waals surface area contributed by atoms with Gasteiger partial charge in [0.25, 0.3) is 5.69 Å². The second-order valence-electron chi connectivity index (χ2n) is 4.83. The maximum Gasteiger partial charge on any atom is 0.451 e. The van der Waals surface area contributed by atoms with Gasteiger partial charge in [0.15, 0.2) is 5.82 Å². The number of alkyl halides is 3. The zero-order valence-electron chi connectivity index (χ0n) is 12.2. The maximum atomic E-state index is 12.6. The van der Waals surface area contributed by atoms with Crippen LogP contribution in [0.15, 0.2) is 29.9 Å². The molecule has 0 atom stereocenters. The average Bonchev–Trinajstić information content (AvgIpc) is 3.23. The number of aromatic amines is 1. The van der Waals surface area contributed by atoms with Crippen molar-refractivity contribution >= 4 is 22.7 Å². The summed E-state index contributed by atoms with van der Waals surface area (Å²) in [5.41, 5.74) is 1.81. The normalized spacial score (nSPS) is 11.5. The van der Waals surface area contributed by atoms with Crippen LogP contribution in [0.4, 0.5) is 24.5 Å². The summed E-state index contributed by atoms with van der Waals surface area (Å²) in [6.45, 7) is 0.291. The second kappa shape index (κ2) is 6.47. The standard InChI is InChI=1S/C13H9F3N6O2S/c14-13(15,16)12-19-11(20-21-12)7-1-2-10(22(23)24)9(3-7)18-5-8-4-17-6-25-8/h1-4,6,18H,5H2,(H,19,20,21). The van der Waals surface area contributed by atoms with E-state index in [1.807, 2.05) is 0 Å². The monoisotopic (exact) mass is 370 g/mol. The summed E-state index contributed by atoms with van der Waals surface area (Å²) in [5.74, 6) is -1.37. The molecular weight excluding hydrogens is 361 g/mol. The van der Waals surface area contributed by atoms with Gasteiger partial charge >= 0.3 is 6.18 Å². The summed E-state index contributed by atoms with van der Waals surface area (Å²) in [6.07, 6.45) is -3.04. The molecule has 0 fully saturated rings. The third-order valence-corrected chi connectivity index (χ3v) is 3.94. The van der Waals surface area contributed by atoms with Gasteiger partial charge in [0.05, 0.1) is 17.0 Å². The zero-order chi connectivity index (χ0) is 18.0. The highest BCUT2D eigenvalue weighted by Gasteiger charge is 2.35. The number of hydrogen-bond acceptors (Lipinski definition) is 7. The van der Waals surface area contributed by atoms with E-state index < -0.39 is 16.9 Å². The third-order valence-electron chi connectivity index (χ3n) is 3.16. The number of H-pyrrole nitrogens is 1. The number of halogens is 3. The molecular formula is C13H9F3N6O2S. The number of nitrogens with one attached hydrogen (secondary N) is 2. The molecule has 0 saturated carbocycles. The van der Waals surface area contributed by atoms with Crippen LogP contribution >= 0.6 is 11.3 Å². The minimum atomic E-state index is -4.65. The minimum Gasteiger partial charge on any atom is -0.375 e. The van der Waals surface area contributed by atoms with Gasteiger partial charge in [-0.3, -0.25) is 15.1 Å². The van der Waals surface area contributed by atoms with E-state index in [-0.39, 0.29) is 22.8 Å². The molecule has 130 valence electrons. The molecule has 0 aliphatic heterocycles. The van der Waals surface area contributed by atoms with Gasteiger partial charge in [-0.15, -0.1) is 21.5 Å². The van der Waals surface area contributed by atoms with Crippen molar-refractivity contribution in [2.75, 3.05) is 5.32 Å².